The molecule has 4 fully saturated rings. The molecule has 3 nitrogen and oxygen atoms in total. The summed E-state index contributed by atoms with van der Waals surface area (Å²) in [6, 6.07) is 9.48. The van der Waals surface area contributed by atoms with Crippen LogP contribution >= 0.6 is 0 Å². The second-order valence-corrected chi connectivity index (χ2v) is 10.1. The Kier molecular flexibility index (Phi) is 3.99. The molecule has 0 amide bonds. The van der Waals surface area contributed by atoms with E-state index in [-0.39, 0.29) is 0 Å². The van der Waals surface area contributed by atoms with Gasteiger partial charge in [0.05, 0.1) is 0 Å². The van der Waals surface area contributed by atoms with E-state index >= 15 is 0 Å². The van der Waals surface area contributed by atoms with Gasteiger partial charge in [-0.3, -0.25) is 4.79 Å². The maximum atomic E-state index is 11.8. The molecule has 4 bridgehead atoms. The third-order valence-electron chi connectivity index (χ3n) is 7.05. The molecule has 0 aliphatic heterocycles. The van der Waals surface area contributed by atoms with Crippen LogP contribution in [0.2, 0.25) is 0 Å². The highest BCUT2D eigenvalue weighted by Gasteiger charge is 2.59. The van der Waals surface area contributed by atoms with Gasteiger partial charge in [0.1, 0.15) is 6.04 Å². The number of nitrogens with one attached hydrogen (secondary N) is 1. The van der Waals surface area contributed by atoms with Gasteiger partial charge >= 0.3 is 5.97 Å². The fourth-order valence-electron chi connectivity index (χ4n) is 7.32. The predicted molar refractivity (Wildman–Crippen MR) is 99.4 cm³/mol. The minimum Gasteiger partial charge on any atom is -0.480 e. The fourth-order valence-corrected chi connectivity index (χ4v) is 7.32. The van der Waals surface area contributed by atoms with E-state index in [2.05, 4.69) is 19.2 Å². The summed E-state index contributed by atoms with van der Waals surface area (Å²) in [6.45, 7) is 5.81. The van der Waals surface area contributed by atoms with E-state index in [4.69, 9.17) is 0 Å². The summed E-state index contributed by atoms with van der Waals surface area (Å²) in [6.07, 6.45) is 8.54. The van der Waals surface area contributed by atoms with Crippen molar-refractivity contribution in [1.29, 1.82) is 0 Å². The highest BCUT2D eigenvalue weighted by molar-refractivity contribution is 5.73. The molecule has 2 N–H and O–H groups in total. The molecule has 1 aromatic carbocycles. The predicted octanol–water partition coefficient (Wildman–Crippen LogP) is 4.27. The zero-order chi connectivity index (χ0) is 17.7. The lowest BCUT2D eigenvalue weighted by atomic mass is 9.40. The standard InChI is InChI=1S/C22H31NO2/c1-20-9-17-10-21(2,12-20)14-22(11-17,13-20)15-23-18(19(24)25)8-16-6-4-3-5-7-16/h3-7,17-18,23H,8-15H2,1-2H3,(H,24,25)/t17?,18-,20-,21+,22?/m1/s1. The quantitative estimate of drug-likeness (QED) is 0.812. The first-order valence-corrected chi connectivity index (χ1v) is 9.79. The normalized spacial score (nSPS) is 40.2. The Morgan fingerprint density at radius 3 is 2.32 bits per heavy atom. The number of hydrogen-bond acceptors (Lipinski definition) is 2. The average Bonchev–Trinajstić information content (AvgIpc) is 2.48. The lowest BCUT2D eigenvalue weighted by molar-refractivity contribution is -0.147. The molecule has 5 atom stereocenters. The number of rotatable bonds is 6. The Morgan fingerprint density at radius 1 is 1.12 bits per heavy atom. The van der Waals surface area contributed by atoms with Crippen LogP contribution in [0.3, 0.4) is 0 Å². The van der Waals surface area contributed by atoms with Gasteiger partial charge in [0.2, 0.25) is 0 Å². The van der Waals surface area contributed by atoms with Crippen LogP contribution in [0, 0.1) is 22.2 Å². The van der Waals surface area contributed by atoms with Crippen LogP contribution in [0.15, 0.2) is 30.3 Å². The lowest BCUT2D eigenvalue weighted by Crippen LogP contribution is -2.59. The molecule has 5 rings (SSSR count). The molecule has 0 heterocycles. The number of aliphatic carboxylic acids is 1. The van der Waals surface area contributed by atoms with Crippen molar-refractivity contribution in [3.63, 3.8) is 0 Å². The summed E-state index contributed by atoms with van der Waals surface area (Å²) in [4.78, 5) is 11.8. The number of carboxylic acids is 1. The second-order valence-electron chi connectivity index (χ2n) is 10.1. The van der Waals surface area contributed by atoms with Crippen LogP contribution < -0.4 is 5.32 Å². The second kappa shape index (κ2) is 5.84. The number of hydrogen-bond donors (Lipinski definition) is 2. The van der Waals surface area contributed by atoms with Crippen LogP contribution in [0.5, 0.6) is 0 Å². The largest absolute Gasteiger partial charge is 0.480 e. The SMILES string of the molecule is C[C@]12CC3CC(CN[C@H](Cc4ccccc4)C(=O)O)(C1)C[C@@](C)(C3)C2. The Labute approximate surface area is 151 Å². The number of carboxylic acid groups (broad SMARTS) is 1. The van der Waals surface area contributed by atoms with E-state index in [1.165, 1.54) is 38.5 Å². The van der Waals surface area contributed by atoms with Crippen LogP contribution in [-0.4, -0.2) is 23.7 Å². The first-order chi connectivity index (χ1) is 11.8. The Balaban J connectivity index is 1.47. The molecule has 4 aliphatic carbocycles. The third-order valence-corrected chi connectivity index (χ3v) is 7.05. The molecule has 3 heteroatoms. The van der Waals surface area contributed by atoms with Crippen molar-refractivity contribution in [3.8, 4) is 0 Å². The maximum Gasteiger partial charge on any atom is 0.321 e. The summed E-state index contributed by atoms with van der Waals surface area (Å²) in [5.74, 6) is 0.122. The Morgan fingerprint density at radius 2 is 1.76 bits per heavy atom. The summed E-state index contributed by atoms with van der Waals surface area (Å²) in [5.41, 5.74) is 2.36. The molecule has 0 saturated heterocycles. The van der Waals surface area contributed by atoms with Crippen LogP contribution in [0.1, 0.15) is 57.9 Å². The van der Waals surface area contributed by atoms with Crippen molar-refractivity contribution in [1.82, 2.24) is 5.32 Å². The first kappa shape index (κ1) is 17.1. The van der Waals surface area contributed by atoms with Gasteiger partial charge in [-0.1, -0.05) is 44.2 Å². The molecule has 4 saturated carbocycles. The highest BCUT2D eigenvalue weighted by Crippen LogP contribution is 2.69. The Bertz CT molecular complexity index is 637. The molecule has 4 aliphatic rings. The van der Waals surface area contributed by atoms with Crippen molar-refractivity contribution in [2.75, 3.05) is 6.54 Å². The topological polar surface area (TPSA) is 49.3 Å². The zero-order valence-electron chi connectivity index (χ0n) is 15.6. The van der Waals surface area contributed by atoms with Crippen molar-refractivity contribution in [2.45, 2.75) is 64.8 Å². The van der Waals surface area contributed by atoms with Gasteiger partial charge in [0, 0.05) is 6.54 Å². The van der Waals surface area contributed by atoms with E-state index in [0.29, 0.717) is 22.7 Å². The van der Waals surface area contributed by atoms with Gasteiger partial charge in [-0.05, 0) is 72.7 Å². The molecular weight excluding hydrogens is 310 g/mol. The van der Waals surface area contributed by atoms with Gasteiger partial charge in [-0.25, -0.2) is 0 Å². The minimum absolute atomic E-state index is 0.313. The molecule has 0 radical (unpaired) electrons. The van der Waals surface area contributed by atoms with E-state index in [1.54, 1.807) is 0 Å². The fraction of sp³-hybridized carbons (Fsp3) is 0.682. The molecule has 25 heavy (non-hydrogen) atoms. The molecule has 136 valence electrons. The number of benzene rings is 1. The highest BCUT2D eigenvalue weighted by atomic mass is 16.4. The lowest BCUT2D eigenvalue weighted by Gasteiger charge is -2.65. The number of carbonyl (C=O) groups is 1. The van der Waals surface area contributed by atoms with Gasteiger partial charge in [-0.2, -0.15) is 0 Å². The van der Waals surface area contributed by atoms with Gasteiger partial charge < -0.3 is 10.4 Å². The van der Waals surface area contributed by atoms with Crippen molar-refractivity contribution in [3.05, 3.63) is 35.9 Å². The summed E-state index contributed by atoms with van der Waals surface area (Å²) < 4.78 is 0. The summed E-state index contributed by atoms with van der Waals surface area (Å²) in [7, 11) is 0. The molecule has 0 spiro atoms. The van der Waals surface area contributed by atoms with Crippen molar-refractivity contribution < 1.29 is 9.90 Å². The molecule has 2 unspecified atom stereocenters. The maximum absolute atomic E-state index is 11.8. The Hall–Kier alpha value is -1.35. The monoisotopic (exact) mass is 341 g/mol. The zero-order valence-corrected chi connectivity index (χ0v) is 15.6. The van der Waals surface area contributed by atoms with Crippen molar-refractivity contribution in [2.24, 2.45) is 22.2 Å². The first-order valence-electron chi connectivity index (χ1n) is 9.79. The summed E-state index contributed by atoms with van der Waals surface area (Å²) >= 11 is 0. The van der Waals surface area contributed by atoms with Crippen LogP contribution in [0.25, 0.3) is 0 Å². The van der Waals surface area contributed by atoms with E-state index < -0.39 is 12.0 Å². The van der Waals surface area contributed by atoms with Crippen molar-refractivity contribution >= 4 is 5.97 Å². The van der Waals surface area contributed by atoms with Gasteiger partial charge in [0.25, 0.3) is 0 Å². The smallest absolute Gasteiger partial charge is 0.321 e. The van der Waals surface area contributed by atoms with Crippen LogP contribution in [0.4, 0.5) is 0 Å². The summed E-state index contributed by atoms with van der Waals surface area (Å²) in [5, 5.41) is 13.1. The molecule has 1 aromatic rings. The average molecular weight is 341 g/mol. The minimum atomic E-state index is -0.731. The van der Waals surface area contributed by atoms with Gasteiger partial charge in [0.15, 0.2) is 0 Å². The molecular formula is C22H31NO2. The van der Waals surface area contributed by atoms with Crippen LogP contribution in [-0.2, 0) is 11.2 Å². The van der Waals surface area contributed by atoms with E-state index in [0.717, 1.165) is 18.0 Å². The molecule has 0 aromatic heterocycles. The van der Waals surface area contributed by atoms with E-state index in [9.17, 15) is 9.90 Å². The third kappa shape index (κ3) is 3.36. The van der Waals surface area contributed by atoms with Gasteiger partial charge in [-0.15, -0.1) is 0 Å². The van der Waals surface area contributed by atoms with E-state index in [1.807, 2.05) is 30.3 Å².